The van der Waals surface area contributed by atoms with Crippen LogP contribution in [0.1, 0.15) is 24.6 Å². The van der Waals surface area contributed by atoms with Gasteiger partial charge in [-0.3, -0.25) is 14.7 Å². The second kappa shape index (κ2) is 13.4. The normalized spacial score (nSPS) is 14.9. The van der Waals surface area contributed by atoms with Gasteiger partial charge in [0.15, 0.2) is 5.82 Å². The van der Waals surface area contributed by atoms with Crippen LogP contribution in [0.2, 0.25) is 0 Å². The summed E-state index contributed by atoms with van der Waals surface area (Å²) in [6, 6.07) is 12.0. The number of anilines is 2. The number of aliphatic carboxylic acids is 1. The maximum absolute atomic E-state index is 12.4. The van der Waals surface area contributed by atoms with E-state index < -0.39 is 12.1 Å². The average Bonchev–Trinajstić information content (AvgIpc) is 2.88. The number of nitrogens with one attached hydrogen (secondary N) is 2. The van der Waals surface area contributed by atoms with Gasteiger partial charge in [-0.25, -0.2) is 14.8 Å². The molecule has 1 aliphatic heterocycles. The lowest BCUT2D eigenvalue weighted by Gasteiger charge is -2.19. The first-order valence-corrected chi connectivity index (χ1v) is 11.9. The number of carbonyl (C=O) groups is 2. The molecule has 0 spiro atoms. The Balaban J connectivity index is 0.000000505. The zero-order valence-electron chi connectivity index (χ0n) is 20.7. The highest BCUT2D eigenvalue weighted by molar-refractivity contribution is 5.78. The number of fused-ring (bicyclic) bond motifs is 7. The number of halogens is 3. The molecule has 13 heteroatoms. The summed E-state index contributed by atoms with van der Waals surface area (Å²) in [4.78, 5) is 41.1. The first kappa shape index (κ1) is 28.4. The molecular formula is C25H28F3N7O3. The molecule has 1 aliphatic rings. The molecule has 1 amide bonds. The summed E-state index contributed by atoms with van der Waals surface area (Å²) >= 11 is 0. The fraction of sp³-hybridized carbons (Fsp3) is 0.360. The van der Waals surface area contributed by atoms with E-state index in [0.29, 0.717) is 24.9 Å². The smallest absolute Gasteiger partial charge is 0.475 e. The van der Waals surface area contributed by atoms with Crippen LogP contribution in [0.4, 0.5) is 24.8 Å². The fourth-order valence-corrected chi connectivity index (χ4v) is 3.62. The van der Waals surface area contributed by atoms with Crippen molar-refractivity contribution >= 4 is 23.5 Å². The van der Waals surface area contributed by atoms with Crippen LogP contribution in [0.15, 0.2) is 48.9 Å². The Morgan fingerprint density at radius 3 is 2.66 bits per heavy atom. The lowest BCUT2D eigenvalue weighted by Crippen LogP contribution is -2.38. The highest BCUT2D eigenvalue weighted by atomic mass is 19.4. The van der Waals surface area contributed by atoms with Crippen molar-refractivity contribution in [1.82, 2.24) is 30.2 Å². The molecule has 4 rings (SSSR count). The summed E-state index contributed by atoms with van der Waals surface area (Å²) in [5.41, 5.74) is 3.92. The van der Waals surface area contributed by atoms with Crippen molar-refractivity contribution in [1.29, 1.82) is 0 Å². The molecule has 0 radical (unpaired) electrons. The lowest BCUT2D eigenvalue weighted by molar-refractivity contribution is -0.192. The van der Waals surface area contributed by atoms with Crippen LogP contribution in [0, 0.1) is 0 Å². The number of hydrogen-bond donors (Lipinski definition) is 3. The second-order valence-electron chi connectivity index (χ2n) is 8.37. The number of aryl methyl sites for hydroxylation is 1. The molecule has 0 unspecified atom stereocenters. The van der Waals surface area contributed by atoms with E-state index in [1.54, 1.807) is 6.20 Å². The van der Waals surface area contributed by atoms with E-state index in [0.717, 1.165) is 54.9 Å². The number of hydrogen-bond acceptors (Lipinski definition) is 8. The summed E-state index contributed by atoms with van der Waals surface area (Å²) in [7, 11) is 0. The van der Waals surface area contributed by atoms with Crippen LogP contribution < -0.4 is 10.6 Å². The zero-order valence-corrected chi connectivity index (χ0v) is 20.7. The van der Waals surface area contributed by atoms with Gasteiger partial charge < -0.3 is 15.7 Å². The zero-order chi connectivity index (χ0) is 27.5. The second-order valence-corrected chi connectivity index (χ2v) is 8.37. The molecular weight excluding hydrogens is 503 g/mol. The predicted octanol–water partition coefficient (Wildman–Crippen LogP) is 3.24. The Hall–Kier alpha value is -4.13. The third-order valence-corrected chi connectivity index (χ3v) is 5.53. The molecule has 10 nitrogen and oxygen atoms in total. The van der Waals surface area contributed by atoms with Crippen LogP contribution in [-0.4, -0.2) is 74.2 Å². The minimum Gasteiger partial charge on any atom is -0.475 e. The van der Waals surface area contributed by atoms with Gasteiger partial charge in [0, 0.05) is 29.7 Å². The molecule has 6 bridgehead atoms. The standard InChI is InChI=1S/C23H27N7O.C2HF3O2/c1-2-30-12-4-7-19-14-18(9-11-24-19)22-26-16-27-23(29-22)28-20-6-3-5-17(13-20)8-10-25-21(31)15-30;3-2(4,5)1(6)7/h3,5-6,9,11,13-14,16H,2,4,7-8,10,12,15H2,1H3,(H,25,31)(H,26,27,28,29);(H,6,7). The monoisotopic (exact) mass is 531 g/mol. The minimum absolute atomic E-state index is 0.0599. The van der Waals surface area contributed by atoms with Crippen molar-refractivity contribution in [3.63, 3.8) is 0 Å². The Morgan fingerprint density at radius 1 is 1.13 bits per heavy atom. The Morgan fingerprint density at radius 2 is 1.92 bits per heavy atom. The van der Waals surface area contributed by atoms with E-state index in [2.05, 4.69) is 48.5 Å². The van der Waals surface area contributed by atoms with Crippen molar-refractivity contribution in [2.24, 2.45) is 0 Å². The summed E-state index contributed by atoms with van der Waals surface area (Å²) in [6.07, 6.45) is 0.735. The van der Waals surface area contributed by atoms with Crippen LogP contribution >= 0.6 is 0 Å². The minimum atomic E-state index is -5.08. The van der Waals surface area contributed by atoms with Crippen molar-refractivity contribution in [3.05, 3.63) is 60.2 Å². The van der Waals surface area contributed by atoms with Crippen LogP contribution in [-0.2, 0) is 22.4 Å². The van der Waals surface area contributed by atoms with E-state index in [1.807, 2.05) is 30.3 Å². The molecule has 3 aromatic rings. The van der Waals surface area contributed by atoms with E-state index in [9.17, 15) is 18.0 Å². The number of likely N-dealkylation sites (N-methyl/N-ethyl adjacent to an activating group) is 1. The van der Waals surface area contributed by atoms with Crippen LogP contribution in [0.5, 0.6) is 0 Å². The summed E-state index contributed by atoms with van der Waals surface area (Å²) in [5, 5.41) is 13.4. The number of benzene rings is 1. The largest absolute Gasteiger partial charge is 0.490 e. The summed E-state index contributed by atoms with van der Waals surface area (Å²) in [6.45, 7) is 4.78. The molecule has 2 aromatic heterocycles. The van der Waals surface area contributed by atoms with Crippen molar-refractivity contribution in [2.45, 2.75) is 32.4 Å². The maximum Gasteiger partial charge on any atom is 0.490 e. The number of amides is 1. The number of aromatic nitrogens is 4. The van der Waals surface area contributed by atoms with E-state index in [-0.39, 0.29) is 5.91 Å². The molecule has 38 heavy (non-hydrogen) atoms. The SMILES string of the molecule is CCN1CCCc2cc(ccn2)-c2ncnc(n2)Nc2cccc(c2)CCNC(=O)C1.O=C(O)C(F)(F)F. The maximum atomic E-state index is 12.4. The van der Waals surface area contributed by atoms with Gasteiger partial charge in [-0.05, 0) is 62.2 Å². The number of pyridine rings is 1. The Bertz CT molecular complexity index is 1240. The van der Waals surface area contributed by atoms with Crippen molar-refractivity contribution in [2.75, 3.05) is 31.5 Å². The summed E-state index contributed by atoms with van der Waals surface area (Å²) in [5.74, 6) is -1.59. The summed E-state index contributed by atoms with van der Waals surface area (Å²) < 4.78 is 31.7. The topological polar surface area (TPSA) is 133 Å². The molecule has 202 valence electrons. The number of carbonyl (C=O) groups excluding carboxylic acids is 1. The molecule has 3 heterocycles. The Kier molecular flexibility index (Phi) is 10.0. The highest BCUT2D eigenvalue weighted by Gasteiger charge is 2.38. The van der Waals surface area contributed by atoms with E-state index in [4.69, 9.17) is 9.90 Å². The van der Waals surface area contributed by atoms with Gasteiger partial charge >= 0.3 is 12.1 Å². The lowest BCUT2D eigenvalue weighted by atomic mass is 10.1. The third-order valence-electron chi connectivity index (χ3n) is 5.53. The number of alkyl halides is 3. The molecule has 1 aromatic carbocycles. The molecule has 3 N–H and O–H groups in total. The number of rotatable bonds is 1. The predicted molar refractivity (Wildman–Crippen MR) is 134 cm³/mol. The van der Waals surface area contributed by atoms with Gasteiger partial charge in [0.2, 0.25) is 11.9 Å². The first-order chi connectivity index (χ1) is 18.1. The van der Waals surface area contributed by atoms with Gasteiger partial charge in [-0.1, -0.05) is 19.1 Å². The molecule has 0 saturated heterocycles. The van der Waals surface area contributed by atoms with Crippen LogP contribution in [0.25, 0.3) is 11.4 Å². The fourth-order valence-electron chi connectivity index (χ4n) is 3.62. The van der Waals surface area contributed by atoms with E-state index in [1.165, 1.54) is 6.33 Å². The van der Waals surface area contributed by atoms with Gasteiger partial charge in [-0.15, -0.1) is 0 Å². The highest BCUT2D eigenvalue weighted by Crippen LogP contribution is 2.19. The number of carboxylic acid groups (broad SMARTS) is 1. The number of nitrogens with zero attached hydrogens (tertiary/aromatic N) is 5. The molecule has 0 atom stereocenters. The van der Waals surface area contributed by atoms with Crippen LogP contribution in [0.3, 0.4) is 0 Å². The van der Waals surface area contributed by atoms with Gasteiger partial charge in [0.05, 0.1) is 6.54 Å². The van der Waals surface area contributed by atoms with Crippen molar-refractivity contribution in [3.8, 4) is 11.4 Å². The van der Waals surface area contributed by atoms with Gasteiger partial charge in [0.1, 0.15) is 6.33 Å². The quantitative estimate of drug-likeness (QED) is 0.433. The Labute approximate surface area is 217 Å². The van der Waals surface area contributed by atoms with Gasteiger partial charge in [0.25, 0.3) is 0 Å². The van der Waals surface area contributed by atoms with E-state index >= 15 is 0 Å². The average molecular weight is 532 g/mol. The molecule has 0 fully saturated rings. The van der Waals surface area contributed by atoms with Crippen molar-refractivity contribution < 1.29 is 27.9 Å². The number of carboxylic acids is 1. The molecule has 0 saturated carbocycles. The van der Waals surface area contributed by atoms with Gasteiger partial charge in [-0.2, -0.15) is 18.2 Å². The molecule has 0 aliphatic carbocycles. The first-order valence-electron chi connectivity index (χ1n) is 11.9. The third kappa shape index (κ3) is 9.07.